The van der Waals surface area contributed by atoms with E-state index in [2.05, 4.69) is 20.0 Å². The first-order chi connectivity index (χ1) is 17.2. The Morgan fingerprint density at radius 3 is 2.47 bits per heavy atom. The van der Waals surface area contributed by atoms with Crippen LogP contribution in [0.25, 0.3) is 10.8 Å². The summed E-state index contributed by atoms with van der Waals surface area (Å²) >= 11 is 0. The predicted octanol–water partition coefficient (Wildman–Crippen LogP) is 4.25. The Morgan fingerprint density at radius 2 is 1.81 bits per heavy atom. The van der Waals surface area contributed by atoms with Crippen LogP contribution in [0, 0.1) is 0 Å². The fraction of sp³-hybridized carbons (Fsp3) is 0.423. The molecular weight excluding hydrogens is 478 g/mol. The standard InChI is InChI=1S/C26H33N5O4S/c1-18(2)31(22-6-4-3-5-7-22)36(34,35)30-24(26(32)33)16-19-8-10-21(11-9-19)29-25-23-13-14-27-17-20(23)12-15-28-25/h8-15,17-18,22,24,30H,3-7,16H2,1-2H3,(H,28,29)(H,32,33). The van der Waals surface area contributed by atoms with Crippen LogP contribution in [-0.4, -0.2) is 51.9 Å². The summed E-state index contributed by atoms with van der Waals surface area (Å²) in [6.45, 7) is 3.66. The molecule has 1 aromatic carbocycles. The highest BCUT2D eigenvalue weighted by Crippen LogP contribution is 2.27. The summed E-state index contributed by atoms with van der Waals surface area (Å²) in [5.41, 5.74) is 1.49. The molecule has 1 aliphatic rings. The molecule has 0 aliphatic heterocycles. The Hall–Kier alpha value is -3.08. The van der Waals surface area contributed by atoms with Gasteiger partial charge in [0.15, 0.2) is 0 Å². The highest BCUT2D eigenvalue weighted by atomic mass is 32.2. The number of carboxylic acids is 1. The number of fused-ring (bicyclic) bond motifs is 1. The maximum Gasteiger partial charge on any atom is 0.322 e. The number of nitrogens with one attached hydrogen (secondary N) is 2. The molecule has 9 nitrogen and oxygen atoms in total. The van der Waals surface area contributed by atoms with Crippen molar-refractivity contribution in [2.75, 3.05) is 5.32 Å². The van der Waals surface area contributed by atoms with E-state index in [1.807, 2.05) is 38.1 Å². The van der Waals surface area contributed by atoms with Gasteiger partial charge in [-0.15, -0.1) is 0 Å². The molecule has 0 bridgehead atoms. The second-order valence-electron chi connectivity index (χ2n) is 9.51. The predicted molar refractivity (Wildman–Crippen MR) is 140 cm³/mol. The summed E-state index contributed by atoms with van der Waals surface area (Å²) in [4.78, 5) is 20.6. The third kappa shape index (κ3) is 6.18. The highest BCUT2D eigenvalue weighted by molar-refractivity contribution is 7.87. The van der Waals surface area contributed by atoms with Gasteiger partial charge in [0.25, 0.3) is 10.2 Å². The molecule has 0 amide bonds. The van der Waals surface area contributed by atoms with Crippen molar-refractivity contribution in [1.29, 1.82) is 0 Å². The lowest BCUT2D eigenvalue weighted by molar-refractivity contribution is -0.139. The number of hydrogen-bond acceptors (Lipinski definition) is 6. The van der Waals surface area contributed by atoms with Gasteiger partial charge in [0.1, 0.15) is 11.9 Å². The van der Waals surface area contributed by atoms with Gasteiger partial charge in [0, 0.05) is 47.1 Å². The zero-order valence-electron chi connectivity index (χ0n) is 20.6. The van der Waals surface area contributed by atoms with Crippen molar-refractivity contribution in [2.45, 2.75) is 70.5 Å². The molecule has 2 aromatic heterocycles. The summed E-state index contributed by atoms with van der Waals surface area (Å²) in [5, 5.41) is 15.0. The van der Waals surface area contributed by atoms with Crippen LogP contribution in [-0.2, 0) is 21.4 Å². The van der Waals surface area contributed by atoms with E-state index in [0.717, 1.165) is 48.6 Å². The minimum absolute atomic E-state index is 0.0314. The van der Waals surface area contributed by atoms with E-state index >= 15 is 0 Å². The molecule has 3 N–H and O–H groups in total. The van der Waals surface area contributed by atoms with Crippen LogP contribution in [0.15, 0.2) is 55.0 Å². The first-order valence-electron chi connectivity index (χ1n) is 12.3. The van der Waals surface area contributed by atoms with Gasteiger partial charge in [-0.1, -0.05) is 31.4 Å². The van der Waals surface area contributed by atoms with Crippen LogP contribution >= 0.6 is 0 Å². The van der Waals surface area contributed by atoms with E-state index in [1.54, 1.807) is 30.7 Å². The zero-order chi connectivity index (χ0) is 25.7. The molecule has 36 heavy (non-hydrogen) atoms. The molecule has 4 rings (SSSR count). The number of rotatable bonds is 10. The van der Waals surface area contributed by atoms with Crippen LogP contribution in [0.5, 0.6) is 0 Å². The van der Waals surface area contributed by atoms with E-state index in [1.165, 1.54) is 4.31 Å². The molecule has 1 fully saturated rings. The Morgan fingerprint density at radius 1 is 1.08 bits per heavy atom. The number of benzene rings is 1. The van der Waals surface area contributed by atoms with E-state index in [-0.39, 0.29) is 18.5 Å². The molecule has 0 saturated heterocycles. The normalized spacial score (nSPS) is 15.9. The van der Waals surface area contributed by atoms with Crippen molar-refractivity contribution in [1.82, 2.24) is 19.0 Å². The van der Waals surface area contributed by atoms with Crippen molar-refractivity contribution in [2.24, 2.45) is 0 Å². The Labute approximate surface area is 212 Å². The maximum atomic E-state index is 13.3. The lowest BCUT2D eigenvalue weighted by Gasteiger charge is -2.36. The van der Waals surface area contributed by atoms with Crippen LogP contribution in [0.3, 0.4) is 0 Å². The molecule has 1 unspecified atom stereocenters. The van der Waals surface area contributed by atoms with Crippen molar-refractivity contribution in [3.8, 4) is 0 Å². The van der Waals surface area contributed by atoms with Gasteiger partial charge < -0.3 is 10.4 Å². The largest absolute Gasteiger partial charge is 0.480 e. The minimum atomic E-state index is -3.98. The molecule has 3 aromatic rings. The Kier molecular flexibility index (Phi) is 8.17. The molecule has 10 heteroatoms. The van der Waals surface area contributed by atoms with Gasteiger partial charge in [0.2, 0.25) is 0 Å². The number of aromatic nitrogens is 2. The van der Waals surface area contributed by atoms with Crippen molar-refractivity contribution in [3.05, 3.63) is 60.6 Å². The lowest BCUT2D eigenvalue weighted by atomic mass is 9.95. The summed E-state index contributed by atoms with van der Waals surface area (Å²) in [5.74, 6) is -0.517. The summed E-state index contributed by atoms with van der Waals surface area (Å²) in [6.07, 6.45) is 9.89. The minimum Gasteiger partial charge on any atom is -0.480 e. The van der Waals surface area contributed by atoms with E-state index in [9.17, 15) is 18.3 Å². The highest BCUT2D eigenvalue weighted by Gasteiger charge is 2.36. The number of aliphatic carboxylic acids is 1. The molecule has 0 spiro atoms. The molecule has 1 aliphatic carbocycles. The van der Waals surface area contributed by atoms with E-state index < -0.39 is 22.2 Å². The SMILES string of the molecule is CC(C)N(C1CCCCC1)S(=O)(=O)NC(Cc1ccc(Nc2nccc3cnccc23)cc1)C(=O)O. The van der Waals surface area contributed by atoms with Crippen molar-refractivity contribution < 1.29 is 18.3 Å². The Bertz CT molecular complexity index is 1290. The summed E-state index contributed by atoms with van der Waals surface area (Å²) < 4.78 is 30.5. The number of carbonyl (C=O) groups is 1. The number of nitrogens with zero attached hydrogens (tertiary/aromatic N) is 3. The third-order valence-electron chi connectivity index (χ3n) is 6.53. The monoisotopic (exact) mass is 511 g/mol. The lowest BCUT2D eigenvalue weighted by Crippen LogP contribution is -2.54. The second kappa shape index (κ2) is 11.3. The fourth-order valence-electron chi connectivity index (χ4n) is 4.86. The average Bonchev–Trinajstić information content (AvgIpc) is 2.85. The number of hydrogen-bond donors (Lipinski definition) is 3. The zero-order valence-corrected chi connectivity index (χ0v) is 21.4. The molecule has 0 radical (unpaired) electrons. The number of anilines is 2. The van der Waals surface area contributed by atoms with Gasteiger partial charge >= 0.3 is 5.97 Å². The number of pyridine rings is 2. The van der Waals surface area contributed by atoms with Crippen molar-refractivity contribution >= 4 is 38.5 Å². The fourth-order valence-corrected chi connectivity index (χ4v) is 6.69. The molecule has 2 heterocycles. The quantitative estimate of drug-likeness (QED) is 0.372. The molecule has 192 valence electrons. The third-order valence-corrected chi connectivity index (χ3v) is 8.39. The molecule has 1 atom stereocenters. The van der Waals surface area contributed by atoms with Crippen LogP contribution < -0.4 is 10.0 Å². The summed E-state index contributed by atoms with van der Waals surface area (Å²) in [7, 11) is -3.98. The number of carboxylic acid groups (broad SMARTS) is 1. The van der Waals surface area contributed by atoms with Crippen LogP contribution in [0.1, 0.15) is 51.5 Å². The van der Waals surface area contributed by atoms with Crippen molar-refractivity contribution in [3.63, 3.8) is 0 Å². The average molecular weight is 512 g/mol. The van der Waals surface area contributed by atoms with E-state index in [4.69, 9.17) is 0 Å². The smallest absolute Gasteiger partial charge is 0.322 e. The summed E-state index contributed by atoms with van der Waals surface area (Å²) in [6, 6.07) is 9.37. The van der Waals surface area contributed by atoms with Gasteiger partial charge in [-0.3, -0.25) is 9.78 Å². The first-order valence-corrected chi connectivity index (χ1v) is 13.8. The first kappa shape index (κ1) is 26.0. The molecular formula is C26H33N5O4S. The topological polar surface area (TPSA) is 125 Å². The van der Waals surface area contributed by atoms with Gasteiger partial charge in [-0.25, -0.2) is 4.98 Å². The van der Waals surface area contributed by atoms with Gasteiger partial charge in [0.05, 0.1) is 0 Å². The van der Waals surface area contributed by atoms with Crippen LogP contribution in [0.4, 0.5) is 11.5 Å². The molecule has 1 saturated carbocycles. The van der Waals surface area contributed by atoms with E-state index in [0.29, 0.717) is 11.4 Å². The van der Waals surface area contributed by atoms with Gasteiger partial charge in [-0.05, 0) is 62.9 Å². The van der Waals surface area contributed by atoms with Crippen LogP contribution in [0.2, 0.25) is 0 Å². The maximum absolute atomic E-state index is 13.3. The second-order valence-corrected chi connectivity index (χ2v) is 11.1. The van der Waals surface area contributed by atoms with Gasteiger partial charge in [-0.2, -0.15) is 17.4 Å². The Balaban J connectivity index is 1.46.